The molecule has 3 rings (SSSR count). The molecule has 2 heterocycles. The van der Waals surface area contributed by atoms with Crippen molar-refractivity contribution in [3.05, 3.63) is 49.9 Å². The molecule has 0 atom stereocenters. The molecule has 0 radical (unpaired) electrons. The van der Waals surface area contributed by atoms with Gasteiger partial charge >= 0.3 is 0 Å². The molecule has 0 spiro atoms. The molecule has 0 saturated heterocycles. The van der Waals surface area contributed by atoms with Gasteiger partial charge in [-0.2, -0.15) is 0 Å². The summed E-state index contributed by atoms with van der Waals surface area (Å²) in [5.41, 5.74) is 2.24. The van der Waals surface area contributed by atoms with Crippen LogP contribution in [0.4, 0.5) is 11.6 Å². The third-order valence-electron chi connectivity index (χ3n) is 4.78. The summed E-state index contributed by atoms with van der Waals surface area (Å²) in [5.74, 6) is 0.630. The summed E-state index contributed by atoms with van der Waals surface area (Å²) in [4.78, 5) is 24.0. The molecule has 1 aliphatic heterocycles. The highest BCUT2D eigenvalue weighted by molar-refractivity contribution is 6.35. The van der Waals surface area contributed by atoms with Crippen molar-refractivity contribution in [2.75, 3.05) is 38.8 Å². The highest BCUT2D eigenvalue weighted by Gasteiger charge is 2.27. The van der Waals surface area contributed by atoms with E-state index >= 15 is 0 Å². The second kappa shape index (κ2) is 8.19. The first kappa shape index (κ1) is 20.1. The van der Waals surface area contributed by atoms with Crippen LogP contribution in [0.15, 0.2) is 23.0 Å². The standard InChI is InChI=1S/C19H25Cl2N5O/c1-13-14(2)22-19-25(17-9-15(20)8-16(21)10-17)11-24(7-5-6-23(3)4)12-26(19)18(13)27/h8-10H,5-7,11-12H2,1-4H3. The molecule has 2 aromatic rings. The summed E-state index contributed by atoms with van der Waals surface area (Å²) in [6, 6.07) is 5.40. The molecule has 27 heavy (non-hydrogen) atoms. The number of aromatic nitrogens is 2. The molecule has 0 amide bonds. The van der Waals surface area contributed by atoms with Gasteiger partial charge in [-0.05, 0) is 59.1 Å². The second-order valence-corrected chi connectivity index (χ2v) is 8.12. The maximum atomic E-state index is 12.9. The number of fused-ring (bicyclic) bond motifs is 1. The molecule has 0 unspecified atom stereocenters. The molecule has 146 valence electrons. The Labute approximate surface area is 169 Å². The van der Waals surface area contributed by atoms with E-state index in [9.17, 15) is 4.79 Å². The Morgan fingerprint density at radius 1 is 1.11 bits per heavy atom. The first-order valence-electron chi connectivity index (χ1n) is 8.95. The van der Waals surface area contributed by atoms with Gasteiger partial charge in [-0.15, -0.1) is 0 Å². The van der Waals surface area contributed by atoms with Gasteiger partial charge in [-0.25, -0.2) is 4.98 Å². The van der Waals surface area contributed by atoms with Crippen LogP contribution in [-0.4, -0.2) is 53.2 Å². The summed E-state index contributed by atoms with van der Waals surface area (Å²) >= 11 is 12.4. The molecule has 1 aromatic heterocycles. The Bertz CT molecular complexity index is 876. The zero-order valence-electron chi connectivity index (χ0n) is 16.2. The normalized spacial score (nSPS) is 14.7. The van der Waals surface area contributed by atoms with E-state index in [1.807, 2.05) is 30.9 Å². The van der Waals surface area contributed by atoms with Crippen LogP contribution in [0, 0.1) is 13.8 Å². The first-order chi connectivity index (χ1) is 12.8. The fourth-order valence-corrected chi connectivity index (χ4v) is 3.74. The van der Waals surface area contributed by atoms with Gasteiger partial charge in [-0.3, -0.25) is 19.2 Å². The van der Waals surface area contributed by atoms with E-state index in [4.69, 9.17) is 28.2 Å². The number of rotatable bonds is 5. The van der Waals surface area contributed by atoms with Crippen LogP contribution in [-0.2, 0) is 6.67 Å². The minimum Gasteiger partial charge on any atom is -0.309 e. The molecule has 0 aliphatic carbocycles. The van der Waals surface area contributed by atoms with Crippen molar-refractivity contribution in [2.24, 2.45) is 0 Å². The van der Waals surface area contributed by atoms with Crippen LogP contribution in [0.1, 0.15) is 17.7 Å². The van der Waals surface area contributed by atoms with Gasteiger partial charge in [0.2, 0.25) is 5.95 Å². The molecule has 0 bridgehead atoms. The summed E-state index contributed by atoms with van der Waals surface area (Å²) < 4.78 is 1.73. The van der Waals surface area contributed by atoms with Crippen molar-refractivity contribution in [1.29, 1.82) is 0 Å². The van der Waals surface area contributed by atoms with Crippen LogP contribution in [0.5, 0.6) is 0 Å². The molecular weight excluding hydrogens is 385 g/mol. The van der Waals surface area contributed by atoms with Gasteiger partial charge in [0.05, 0.1) is 13.3 Å². The van der Waals surface area contributed by atoms with E-state index in [1.54, 1.807) is 10.6 Å². The number of aryl methyl sites for hydroxylation is 1. The lowest BCUT2D eigenvalue weighted by Crippen LogP contribution is -2.48. The number of halogens is 2. The van der Waals surface area contributed by atoms with Gasteiger partial charge < -0.3 is 4.90 Å². The average Bonchev–Trinajstić information content (AvgIpc) is 2.58. The Balaban J connectivity index is 2.02. The number of hydrogen-bond acceptors (Lipinski definition) is 5. The maximum absolute atomic E-state index is 12.9. The Morgan fingerprint density at radius 2 is 1.78 bits per heavy atom. The van der Waals surface area contributed by atoms with Gasteiger partial charge in [-0.1, -0.05) is 23.2 Å². The lowest BCUT2D eigenvalue weighted by molar-refractivity contribution is 0.189. The summed E-state index contributed by atoms with van der Waals surface area (Å²) in [6.07, 6.45) is 1.01. The molecule has 0 fully saturated rings. The molecule has 0 N–H and O–H groups in total. The third-order valence-corrected chi connectivity index (χ3v) is 5.22. The lowest BCUT2D eigenvalue weighted by Gasteiger charge is -2.38. The van der Waals surface area contributed by atoms with Crippen molar-refractivity contribution < 1.29 is 0 Å². The Morgan fingerprint density at radius 3 is 2.41 bits per heavy atom. The van der Waals surface area contributed by atoms with E-state index in [0.717, 1.165) is 30.9 Å². The molecule has 6 nitrogen and oxygen atoms in total. The fraction of sp³-hybridized carbons (Fsp3) is 0.474. The van der Waals surface area contributed by atoms with Crippen molar-refractivity contribution in [2.45, 2.75) is 26.9 Å². The smallest absolute Gasteiger partial charge is 0.259 e. The number of hydrogen-bond donors (Lipinski definition) is 0. The third kappa shape index (κ3) is 4.46. The van der Waals surface area contributed by atoms with Crippen molar-refractivity contribution in [1.82, 2.24) is 19.4 Å². The predicted molar refractivity (Wildman–Crippen MR) is 111 cm³/mol. The van der Waals surface area contributed by atoms with Crippen LogP contribution >= 0.6 is 23.2 Å². The molecule has 1 aliphatic rings. The van der Waals surface area contributed by atoms with Crippen LogP contribution < -0.4 is 10.5 Å². The highest BCUT2D eigenvalue weighted by atomic mass is 35.5. The van der Waals surface area contributed by atoms with E-state index in [1.165, 1.54) is 0 Å². The van der Waals surface area contributed by atoms with Crippen LogP contribution in [0.25, 0.3) is 0 Å². The molecular formula is C19H25Cl2N5O. The van der Waals surface area contributed by atoms with Crippen LogP contribution in [0.2, 0.25) is 10.0 Å². The minimum absolute atomic E-state index is 0.00654. The van der Waals surface area contributed by atoms with Crippen LogP contribution in [0.3, 0.4) is 0 Å². The fourth-order valence-electron chi connectivity index (χ4n) is 3.23. The zero-order chi connectivity index (χ0) is 19.7. The molecule has 8 heteroatoms. The lowest BCUT2D eigenvalue weighted by atomic mass is 10.2. The largest absolute Gasteiger partial charge is 0.309 e. The van der Waals surface area contributed by atoms with Crippen molar-refractivity contribution in [3.8, 4) is 0 Å². The first-order valence-corrected chi connectivity index (χ1v) is 9.70. The monoisotopic (exact) mass is 409 g/mol. The minimum atomic E-state index is -0.00654. The molecule has 0 saturated carbocycles. The van der Waals surface area contributed by atoms with E-state index in [2.05, 4.69) is 23.9 Å². The summed E-state index contributed by atoms with van der Waals surface area (Å²) in [6.45, 7) is 6.71. The zero-order valence-corrected chi connectivity index (χ0v) is 17.7. The average molecular weight is 410 g/mol. The SMILES string of the molecule is Cc1nc2n(c(=O)c1C)CN(CCCN(C)C)CN2c1cc(Cl)cc(Cl)c1. The van der Waals surface area contributed by atoms with E-state index in [0.29, 0.717) is 34.9 Å². The van der Waals surface area contributed by atoms with Gasteiger partial charge in [0.25, 0.3) is 5.56 Å². The quantitative estimate of drug-likeness (QED) is 0.755. The summed E-state index contributed by atoms with van der Waals surface area (Å²) in [7, 11) is 4.12. The maximum Gasteiger partial charge on any atom is 0.259 e. The summed E-state index contributed by atoms with van der Waals surface area (Å²) in [5, 5.41) is 1.11. The topological polar surface area (TPSA) is 44.6 Å². The predicted octanol–water partition coefficient (Wildman–Crippen LogP) is 3.49. The second-order valence-electron chi connectivity index (χ2n) is 7.25. The number of nitrogens with zero attached hydrogens (tertiary/aromatic N) is 5. The van der Waals surface area contributed by atoms with E-state index < -0.39 is 0 Å². The number of benzene rings is 1. The Kier molecular flexibility index (Phi) is 6.11. The number of anilines is 2. The van der Waals surface area contributed by atoms with Gasteiger partial charge in [0.15, 0.2) is 0 Å². The Hall–Kier alpha value is -1.60. The van der Waals surface area contributed by atoms with Crippen molar-refractivity contribution in [3.63, 3.8) is 0 Å². The van der Waals surface area contributed by atoms with Gasteiger partial charge in [0, 0.05) is 33.5 Å². The van der Waals surface area contributed by atoms with E-state index in [-0.39, 0.29) is 5.56 Å². The highest BCUT2D eigenvalue weighted by Crippen LogP contribution is 2.32. The van der Waals surface area contributed by atoms with Gasteiger partial charge in [0.1, 0.15) is 0 Å². The molecule has 1 aromatic carbocycles. The van der Waals surface area contributed by atoms with Crippen molar-refractivity contribution >= 4 is 34.8 Å².